The first-order chi connectivity index (χ1) is 10.1. The van der Waals surface area contributed by atoms with Crippen LogP contribution in [0.3, 0.4) is 0 Å². The monoisotopic (exact) mass is 351 g/mol. The van der Waals surface area contributed by atoms with Gasteiger partial charge in [0.2, 0.25) is 0 Å². The SMILES string of the molecule is Cc1ccc(-c2nc(C(N)COC3CCC3)no2)cc1Br. The molecule has 0 saturated heterocycles. The number of hydrogen-bond donors (Lipinski definition) is 1. The van der Waals surface area contributed by atoms with E-state index in [4.69, 9.17) is 15.0 Å². The second-order valence-corrected chi connectivity index (χ2v) is 6.27. The minimum absolute atomic E-state index is 0.350. The molecule has 0 aliphatic heterocycles. The summed E-state index contributed by atoms with van der Waals surface area (Å²) < 4.78 is 12.0. The number of halogens is 1. The van der Waals surface area contributed by atoms with E-state index >= 15 is 0 Å². The molecule has 2 N–H and O–H groups in total. The van der Waals surface area contributed by atoms with E-state index in [-0.39, 0.29) is 6.04 Å². The highest BCUT2D eigenvalue weighted by Gasteiger charge is 2.21. The second-order valence-electron chi connectivity index (χ2n) is 5.41. The largest absolute Gasteiger partial charge is 0.376 e. The fourth-order valence-corrected chi connectivity index (χ4v) is 2.46. The van der Waals surface area contributed by atoms with Crippen molar-refractivity contribution in [2.24, 2.45) is 5.73 Å². The van der Waals surface area contributed by atoms with E-state index in [1.54, 1.807) is 0 Å². The van der Waals surface area contributed by atoms with Crippen molar-refractivity contribution in [1.82, 2.24) is 10.1 Å². The normalized spacial score (nSPS) is 16.7. The number of ether oxygens (including phenoxy) is 1. The first-order valence-electron chi connectivity index (χ1n) is 7.11. The fourth-order valence-electron chi connectivity index (χ4n) is 2.08. The van der Waals surface area contributed by atoms with Crippen molar-refractivity contribution >= 4 is 15.9 Å². The summed E-state index contributed by atoms with van der Waals surface area (Å²) in [6, 6.07) is 5.57. The molecular formula is C15H18BrN3O2. The van der Waals surface area contributed by atoms with Gasteiger partial charge in [0.25, 0.3) is 5.89 Å². The minimum atomic E-state index is -0.350. The van der Waals surface area contributed by atoms with Gasteiger partial charge < -0.3 is 15.0 Å². The van der Waals surface area contributed by atoms with Crippen LogP contribution in [0, 0.1) is 6.92 Å². The van der Waals surface area contributed by atoms with Gasteiger partial charge in [0.15, 0.2) is 5.82 Å². The van der Waals surface area contributed by atoms with E-state index < -0.39 is 0 Å². The first kappa shape index (κ1) is 14.7. The van der Waals surface area contributed by atoms with Crippen molar-refractivity contribution in [2.75, 3.05) is 6.61 Å². The lowest BCUT2D eigenvalue weighted by Gasteiger charge is -2.26. The molecule has 1 unspecified atom stereocenters. The third-order valence-corrected chi connectivity index (χ3v) is 4.61. The molecule has 1 aliphatic carbocycles. The number of nitrogens with zero attached hydrogens (tertiary/aromatic N) is 2. The fraction of sp³-hybridized carbons (Fsp3) is 0.467. The van der Waals surface area contributed by atoms with E-state index in [0.717, 1.165) is 28.4 Å². The molecule has 5 nitrogen and oxygen atoms in total. The van der Waals surface area contributed by atoms with Crippen molar-refractivity contribution < 1.29 is 9.26 Å². The highest BCUT2D eigenvalue weighted by Crippen LogP contribution is 2.26. The summed E-state index contributed by atoms with van der Waals surface area (Å²) in [4.78, 5) is 4.37. The first-order valence-corrected chi connectivity index (χ1v) is 7.90. The number of aryl methyl sites for hydroxylation is 1. The van der Waals surface area contributed by atoms with Gasteiger partial charge in [-0.2, -0.15) is 4.98 Å². The van der Waals surface area contributed by atoms with Crippen LogP contribution in [0.4, 0.5) is 0 Å². The average molecular weight is 352 g/mol. The summed E-state index contributed by atoms with van der Waals surface area (Å²) >= 11 is 3.50. The van der Waals surface area contributed by atoms with E-state index in [9.17, 15) is 0 Å². The van der Waals surface area contributed by atoms with Crippen LogP contribution in [-0.4, -0.2) is 22.9 Å². The Morgan fingerprint density at radius 1 is 1.48 bits per heavy atom. The van der Waals surface area contributed by atoms with Crippen LogP contribution in [0.1, 0.15) is 36.7 Å². The maximum atomic E-state index is 6.05. The van der Waals surface area contributed by atoms with E-state index in [1.165, 1.54) is 6.42 Å². The van der Waals surface area contributed by atoms with Gasteiger partial charge in [-0.05, 0) is 43.9 Å². The maximum Gasteiger partial charge on any atom is 0.258 e. The summed E-state index contributed by atoms with van der Waals surface area (Å²) in [5.74, 6) is 0.964. The van der Waals surface area contributed by atoms with Crippen molar-refractivity contribution in [3.8, 4) is 11.5 Å². The zero-order chi connectivity index (χ0) is 14.8. The van der Waals surface area contributed by atoms with Crippen molar-refractivity contribution in [3.05, 3.63) is 34.1 Å². The Balaban J connectivity index is 1.68. The van der Waals surface area contributed by atoms with Crippen molar-refractivity contribution in [1.29, 1.82) is 0 Å². The van der Waals surface area contributed by atoms with Crippen molar-refractivity contribution in [3.63, 3.8) is 0 Å². The highest BCUT2D eigenvalue weighted by molar-refractivity contribution is 9.10. The van der Waals surface area contributed by atoms with Gasteiger partial charge in [0, 0.05) is 10.0 Å². The molecule has 1 heterocycles. The lowest BCUT2D eigenvalue weighted by atomic mass is 9.96. The smallest absolute Gasteiger partial charge is 0.258 e. The molecule has 3 rings (SSSR count). The summed E-state index contributed by atoms with van der Waals surface area (Å²) in [5, 5.41) is 3.96. The third kappa shape index (κ3) is 3.33. The maximum absolute atomic E-state index is 6.05. The molecule has 1 aromatic heterocycles. The minimum Gasteiger partial charge on any atom is -0.376 e. The Kier molecular flexibility index (Phi) is 4.37. The summed E-state index contributed by atoms with van der Waals surface area (Å²) in [5.41, 5.74) is 8.08. The summed E-state index contributed by atoms with van der Waals surface area (Å²) in [6.45, 7) is 2.46. The Hall–Kier alpha value is -1.24. The number of hydrogen-bond acceptors (Lipinski definition) is 5. The average Bonchev–Trinajstić information content (AvgIpc) is 2.89. The zero-order valence-electron chi connectivity index (χ0n) is 11.9. The van der Waals surface area contributed by atoms with Crippen LogP contribution in [0.15, 0.2) is 27.2 Å². The Morgan fingerprint density at radius 3 is 2.95 bits per heavy atom. The molecule has 0 bridgehead atoms. The topological polar surface area (TPSA) is 74.2 Å². The van der Waals surface area contributed by atoms with E-state index in [0.29, 0.717) is 24.4 Å². The van der Waals surface area contributed by atoms with Gasteiger partial charge in [-0.3, -0.25) is 0 Å². The third-order valence-electron chi connectivity index (χ3n) is 3.76. The van der Waals surface area contributed by atoms with Gasteiger partial charge in [-0.1, -0.05) is 27.2 Å². The van der Waals surface area contributed by atoms with Gasteiger partial charge >= 0.3 is 0 Å². The van der Waals surface area contributed by atoms with Crippen LogP contribution in [-0.2, 0) is 4.74 Å². The van der Waals surface area contributed by atoms with Gasteiger partial charge in [0.1, 0.15) is 0 Å². The molecular weight excluding hydrogens is 334 g/mol. The highest BCUT2D eigenvalue weighted by atomic mass is 79.9. The molecule has 0 amide bonds. The molecule has 1 aliphatic rings. The number of nitrogens with two attached hydrogens (primary N) is 1. The lowest BCUT2D eigenvalue weighted by molar-refractivity contribution is -0.00549. The van der Waals surface area contributed by atoms with E-state index in [1.807, 2.05) is 25.1 Å². The van der Waals surface area contributed by atoms with Gasteiger partial charge in [0.05, 0.1) is 18.8 Å². The van der Waals surface area contributed by atoms with Gasteiger partial charge in [-0.15, -0.1) is 0 Å². The molecule has 1 atom stereocenters. The Labute approximate surface area is 132 Å². The lowest BCUT2D eigenvalue weighted by Crippen LogP contribution is -2.27. The van der Waals surface area contributed by atoms with Crippen molar-refractivity contribution in [2.45, 2.75) is 38.3 Å². The molecule has 21 heavy (non-hydrogen) atoms. The summed E-state index contributed by atoms with van der Waals surface area (Å²) in [6.07, 6.45) is 3.85. The zero-order valence-corrected chi connectivity index (χ0v) is 13.5. The standard InChI is InChI=1S/C15H18BrN3O2/c1-9-5-6-10(7-12(9)16)15-18-14(19-21-15)13(17)8-20-11-3-2-4-11/h5-7,11,13H,2-4,8,17H2,1H3. The molecule has 1 fully saturated rings. The second kappa shape index (κ2) is 6.25. The van der Waals surface area contributed by atoms with Crippen LogP contribution in [0.5, 0.6) is 0 Å². The number of rotatable bonds is 5. The molecule has 1 aromatic carbocycles. The van der Waals surface area contributed by atoms with Crippen LogP contribution in [0.2, 0.25) is 0 Å². The van der Waals surface area contributed by atoms with E-state index in [2.05, 4.69) is 26.1 Å². The molecule has 6 heteroatoms. The summed E-state index contributed by atoms with van der Waals surface area (Å²) in [7, 11) is 0. The number of aromatic nitrogens is 2. The Morgan fingerprint density at radius 2 is 2.29 bits per heavy atom. The molecule has 2 aromatic rings. The molecule has 0 spiro atoms. The predicted octanol–water partition coefficient (Wildman–Crippen LogP) is 3.38. The van der Waals surface area contributed by atoms with Gasteiger partial charge in [-0.25, -0.2) is 0 Å². The quantitative estimate of drug-likeness (QED) is 0.893. The predicted molar refractivity (Wildman–Crippen MR) is 82.7 cm³/mol. The number of benzene rings is 1. The molecule has 1 saturated carbocycles. The van der Waals surface area contributed by atoms with Crippen LogP contribution >= 0.6 is 15.9 Å². The molecule has 0 radical (unpaired) electrons. The van der Waals surface area contributed by atoms with Crippen LogP contribution in [0.25, 0.3) is 11.5 Å². The van der Waals surface area contributed by atoms with Crippen LogP contribution < -0.4 is 5.73 Å². The molecule has 112 valence electrons. The Bertz CT molecular complexity index is 625.